The molecule has 0 bridgehead atoms. The lowest BCUT2D eigenvalue weighted by Gasteiger charge is -2.06. The topological polar surface area (TPSA) is 26.3 Å². The van der Waals surface area contributed by atoms with Crippen molar-refractivity contribution in [3.63, 3.8) is 0 Å². The molecule has 1 atom stereocenters. The van der Waals surface area contributed by atoms with Crippen LogP contribution in [0.15, 0.2) is 11.4 Å². The largest absolute Gasteiger partial charge is 0.469 e. The van der Waals surface area contributed by atoms with Crippen molar-refractivity contribution < 1.29 is 9.53 Å². The normalized spacial score (nSPS) is 12.6. The van der Waals surface area contributed by atoms with Gasteiger partial charge >= 0.3 is 5.97 Å². The van der Waals surface area contributed by atoms with Crippen molar-refractivity contribution in [2.75, 3.05) is 7.11 Å². The molecule has 0 saturated carbocycles. The lowest BCUT2D eigenvalue weighted by molar-refractivity contribution is -0.141. The molecule has 1 aromatic rings. The highest BCUT2D eigenvalue weighted by Crippen LogP contribution is 2.30. The van der Waals surface area contributed by atoms with Gasteiger partial charge < -0.3 is 4.74 Å². The third-order valence-corrected chi connectivity index (χ3v) is 3.13. The van der Waals surface area contributed by atoms with Crippen LogP contribution in [0.3, 0.4) is 0 Å². The van der Waals surface area contributed by atoms with Crippen molar-refractivity contribution in [2.24, 2.45) is 0 Å². The molecule has 0 amide bonds. The van der Waals surface area contributed by atoms with Gasteiger partial charge in [0.1, 0.15) is 0 Å². The van der Waals surface area contributed by atoms with Gasteiger partial charge in [0, 0.05) is 4.88 Å². The van der Waals surface area contributed by atoms with Crippen LogP contribution >= 0.6 is 22.9 Å². The minimum atomic E-state index is -0.262. The molecule has 0 aliphatic carbocycles. The summed E-state index contributed by atoms with van der Waals surface area (Å²) in [6, 6.07) is 1.78. The first-order chi connectivity index (χ1) is 5.66. The van der Waals surface area contributed by atoms with E-state index in [1.807, 2.05) is 5.38 Å². The Kier molecular flexibility index (Phi) is 3.12. The molecular formula is C8H9ClO2S. The van der Waals surface area contributed by atoms with Gasteiger partial charge in [-0.3, -0.25) is 4.79 Å². The fourth-order valence-electron chi connectivity index (χ4n) is 0.898. The zero-order chi connectivity index (χ0) is 9.14. The summed E-state index contributed by atoms with van der Waals surface area (Å²) in [5.41, 5.74) is 0. The van der Waals surface area contributed by atoms with E-state index in [9.17, 15) is 4.79 Å². The molecular weight excluding hydrogens is 196 g/mol. The van der Waals surface area contributed by atoms with Crippen LogP contribution in [-0.2, 0) is 9.53 Å². The lowest BCUT2D eigenvalue weighted by atomic mass is 10.1. The molecule has 0 aliphatic heterocycles. The van der Waals surface area contributed by atoms with Crippen molar-refractivity contribution >= 4 is 28.9 Å². The fourth-order valence-corrected chi connectivity index (χ4v) is 2.16. The standard InChI is InChI=1S/C8H9ClO2S/c1-5(8(10)11-2)7-6(9)3-4-12-7/h3-5H,1-2H3. The highest BCUT2D eigenvalue weighted by molar-refractivity contribution is 7.10. The molecule has 4 heteroatoms. The molecule has 0 fully saturated rings. The molecule has 0 aliphatic rings. The van der Waals surface area contributed by atoms with Crippen molar-refractivity contribution in [3.8, 4) is 0 Å². The van der Waals surface area contributed by atoms with Crippen molar-refractivity contribution in [1.82, 2.24) is 0 Å². The van der Waals surface area contributed by atoms with Crippen LogP contribution in [0.4, 0.5) is 0 Å². The molecule has 0 radical (unpaired) electrons. The number of hydrogen-bond acceptors (Lipinski definition) is 3. The van der Waals surface area contributed by atoms with Crippen LogP contribution in [0.1, 0.15) is 17.7 Å². The molecule has 1 aromatic heterocycles. The van der Waals surface area contributed by atoms with Gasteiger partial charge in [0.05, 0.1) is 18.1 Å². The zero-order valence-electron chi connectivity index (χ0n) is 6.83. The second kappa shape index (κ2) is 3.92. The molecule has 0 aromatic carbocycles. The molecule has 0 spiro atoms. The van der Waals surface area contributed by atoms with Gasteiger partial charge in [-0.15, -0.1) is 11.3 Å². The molecule has 2 nitrogen and oxygen atoms in total. The van der Waals surface area contributed by atoms with Crippen molar-refractivity contribution in [3.05, 3.63) is 21.3 Å². The van der Waals surface area contributed by atoms with E-state index < -0.39 is 0 Å². The van der Waals surface area contributed by atoms with E-state index in [1.165, 1.54) is 18.4 Å². The Balaban J connectivity index is 2.84. The van der Waals surface area contributed by atoms with Crippen LogP contribution in [0.5, 0.6) is 0 Å². The summed E-state index contributed by atoms with van der Waals surface area (Å²) in [6.45, 7) is 1.78. The fraction of sp³-hybridized carbons (Fsp3) is 0.375. The monoisotopic (exact) mass is 204 g/mol. The predicted octanol–water partition coefficient (Wildman–Crippen LogP) is 2.68. The third kappa shape index (κ3) is 1.79. The van der Waals surface area contributed by atoms with Crippen LogP contribution in [0.25, 0.3) is 0 Å². The van der Waals surface area contributed by atoms with E-state index in [-0.39, 0.29) is 11.9 Å². The summed E-state index contributed by atoms with van der Waals surface area (Å²) in [5, 5.41) is 2.50. The van der Waals surface area contributed by atoms with Crippen molar-refractivity contribution in [2.45, 2.75) is 12.8 Å². The number of ether oxygens (including phenoxy) is 1. The summed E-state index contributed by atoms with van der Waals surface area (Å²) in [6.07, 6.45) is 0. The first-order valence-corrected chi connectivity index (χ1v) is 4.73. The van der Waals surface area contributed by atoms with Gasteiger partial charge in [0.25, 0.3) is 0 Å². The van der Waals surface area contributed by atoms with Gasteiger partial charge in [-0.25, -0.2) is 0 Å². The maximum Gasteiger partial charge on any atom is 0.313 e. The van der Waals surface area contributed by atoms with Crippen LogP contribution in [-0.4, -0.2) is 13.1 Å². The predicted molar refractivity (Wildman–Crippen MR) is 49.8 cm³/mol. The Labute approximate surface area is 80.1 Å². The van der Waals surface area contributed by atoms with Crippen LogP contribution < -0.4 is 0 Å². The number of rotatable bonds is 2. The summed E-state index contributed by atoms with van der Waals surface area (Å²) in [4.78, 5) is 12.0. The first kappa shape index (κ1) is 9.55. The molecule has 1 unspecified atom stereocenters. The number of carbonyl (C=O) groups is 1. The van der Waals surface area contributed by atoms with Gasteiger partial charge in [-0.1, -0.05) is 11.6 Å². The summed E-state index contributed by atoms with van der Waals surface area (Å²) < 4.78 is 4.60. The average Bonchev–Trinajstić information content (AvgIpc) is 2.48. The molecule has 1 rings (SSSR count). The van der Waals surface area contributed by atoms with Crippen molar-refractivity contribution in [1.29, 1.82) is 0 Å². The first-order valence-electron chi connectivity index (χ1n) is 3.47. The van der Waals surface area contributed by atoms with Gasteiger partial charge in [-0.05, 0) is 18.4 Å². The SMILES string of the molecule is COC(=O)C(C)c1sccc1Cl. The molecule has 0 N–H and O–H groups in total. The lowest BCUT2D eigenvalue weighted by Crippen LogP contribution is -2.09. The maximum absolute atomic E-state index is 11.1. The van der Waals surface area contributed by atoms with Gasteiger partial charge in [0.15, 0.2) is 0 Å². The number of esters is 1. The number of carbonyl (C=O) groups excluding carboxylic acids is 1. The van der Waals surface area contributed by atoms with E-state index in [1.54, 1.807) is 13.0 Å². The van der Waals surface area contributed by atoms with E-state index in [0.717, 1.165) is 4.88 Å². The molecule has 1 heterocycles. The highest BCUT2D eigenvalue weighted by Gasteiger charge is 2.19. The second-order valence-electron chi connectivity index (χ2n) is 2.38. The smallest absolute Gasteiger partial charge is 0.313 e. The van der Waals surface area contributed by atoms with Gasteiger partial charge in [-0.2, -0.15) is 0 Å². The second-order valence-corrected chi connectivity index (χ2v) is 3.73. The van der Waals surface area contributed by atoms with Crippen LogP contribution in [0.2, 0.25) is 5.02 Å². The third-order valence-electron chi connectivity index (χ3n) is 1.59. The average molecular weight is 205 g/mol. The molecule has 66 valence electrons. The number of halogens is 1. The summed E-state index contributed by atoms with van der Waals surface area (Å²) in [7, 11) is 1.38. The number of hydrogen-bond donors (Lipinski definition) is 0. The minimum Gasteiger partial charge on any atom is -0.469 e. The zero-order valence-corrected chi connectivity index (χ0v) is 8.41. The van der Waals surface area contributed by atoms with Crippen LogP contribution in [0, 0.1) is 0 Å². The number of thiophene rings is 1. The highest BCUT2D eigenvalue weighted by atomic mass is 35.5. The minimum absolute atomic E-state index is 0.251. The molecule has 12 heavy (non-hydrogen) atoms. The van der Waals surface area contributed by atoms with E-state index in [0.29, 0.717) is 5.02 Å². The van der Waals surface area contributed by atoms with E-state index >= 15 is 0 Å². The Hall–Kier alpha value is -0.540. The Morgan fingerprint density at radius 2 is 2.42 bits per heavy atom. The Morgan fingerprint density at radius 3 is 2.83 bits per heavy atom. The molecule has 0 saturated heterocycles. The quantitative estimate of drug-likeness (QED) is 0.693. The summed E-state index contributed by atoms with van der Waals surface area (Å²) >= 11 is 7.31. The number of methoxy groups -OCH3 is 1. The summed E-state index contributed by atoms with van der Waals surface area (Å²) in [5.74, 6) is -0.512. The Morgan fingerprint density at radius 1 is 1.75 bits per heavy atom. The van der Waals surface area contributed by atoms with Gasteiger partial charge in [0.2, 0.25) is 0 Å². The van der Waals surface area contributed by atoms with E-state index in [4.69, 9.17) is 11.6 Å². The Bertz CT molecular complexity index is 282. The maximum atomic E-state index is 11.1. The van der Waals surface area contributed by atoms with E-state index in [2.05, 4.69) is 4.74 Å².